The molecule has 3 aromatic heterocycles. The second kappa shape index (κ2) is 7.91. The minimum absolute atomic E-state index is 0.0120. The third-order valence-corrected chi connectivity index (χ3v) is 4.26. The summed E-state index contributed by atoms with van der Waals surface area (Å²) in [6.45, 7) is 0. The van der Waals surface area contributed by atoms with E-state index in [0.29, 0.717) is 23.5 Å². The van der Waals surface area contributed by atoms with Crippen molar-refractivity contribution in [3.05, 3.63) is 84.0 Å². The number of nitro groups is 1. The molecule has 4 aromatic rings. The summed E-state index contributed by atoms with van der Waals surface area (Å²) in [6.07, 6.45) is 14.9. The predicted molar refractivity (Wildman–Crippen MR) is 102 cm³/mol. The molecule has 30 heavy (non-hydrogen) atoms. The van der Waals surface area contributed by atoms with Gasteiger partial charge in [0.1, 0.15) is 38.9 Å². The van der Waals surface area contributed by atoms with Crippen LogP contribution in [0.1, 0.15) is 0 Å². The van der Waals surface area contributed by atoms with Crippen LogP contribution >= 0.6 is 0 Å². The van der Waals surface area contributed by atoms with Crippen molar-refractivity contribution < 1.29 is 23.2 Å². The Bertz CT molecular complexity index is 1130. The van der Waals surface area contributed by atoms with Gasteiger partial charge in [-0.2, -0.15) is 9.13 Å². The highest BCUT2D eigenvalue weighted by atomic mass is 16.6. The number of anilines is 2. The molecule has 0 saturated carbocycles. The second-order valence-electron chi connectivity index (χ2n) is 6.53. The van der Waals surface area contributed by atoms with Crippen molar-refractivity contribution in [3.8, 4) is 11.9 Å². The summed E-state index contributed by atoms with van der Waals surface area (Å²) in [6, 6.07) is 6.05. The maximum absolute atomic E-state index is 10.9. The Kier molecular flexibility index (Phi) is 4.99. The Balaban J connectivity index is 1.75. The van der Waals surface area contributed by atoms with Gasteiger partial charge in [0.15, 0.2) is 0 Å². The molecule has 11 heteroatoms. The first-order chi connectivity index (χ1) is 14.5. The number of benzene rings is 1. The third-order valence-electron chi connectivity index (χ3n) is 4.26. The minimum Gasteiger partial charge on any atom is -0.295 e. The van der Waals surface area contributed by atoms with Gasteiger partial charge in [0.25, 0.3) is 5.69 Å². The van der Waals surface area contributed by atoms with Crippen LogP contribution in [-0.2, 0) is 14.1 Å². The molecule has 0 amide bonds. The number of hydrogen-bond donors (Lipinski definition) is 1. The molecule has 0 atom stereocenters. The van der Waals surface area contributed by atoms with Crippen LogP contribution in [0.25, 0.3) is 11.9 Å². The lowest BCUT2D eigenvalue weighted by Crippen LogP contribution is -2.42. The molecule has 148 valence electrons. The van der Waals surface area contributed by atoms with Gasteiger partial charge in [0.05, 0.1) is 4.92 Å². The average Bonchev–Trinajstić information content (AvgIpc) is 2.75. The molecule has 0 bridgehead atoms. The summed E-state index contributed by atoms with van der Waals surface area (Å²) in [5.74, 6) is 1.15. The predicted octanol–water partition coefficient (Wildman–Crippen LogP) is -0.274. The van der Waals surface area contributed by atoms with E-state index in [0.717, 1.165) is 0 Å². The Labute approximate surface area is 171 Å². The fraction of sp³-hybridized carbons (Fsp3) is 0.105. The third kappa shape index (κ3) is 4.19. The van der Waals surface area contributed by atoms with Crippen molar-refractivity contribution >= 4 is 17.3 Å². The number of nitrogens with one attached hydrogen (secondary N) is 1. The van der Waals surface area contributed by atoms with Gasteiger partial charge >= 0.3 is 17.8 Å². The van der Waals surface area contributed by atoms with Crippen LogP contribution in [-0.4, -0.2) is 19.9 Å². The van der Waals surface area contributed by atoms with Crippen LogP contribution < -0.4 is 23.6 Å². The number of nitrogens with zero attached hydrogens (tertiary/aromatic N) is 8. The maximum atomic E-state index is 10.9. The molecule has 0 aliphatic carbocycles. The van der Waals surface area contributed by atoms with Crippen LogP contribution in [0.5, 0.6) is 0 Å². The smallest absolute Gasteiger partial charge is 0.295 e. The molecule has 0 aliphatic heterocycles. The van der Waals surface area contributed by atoms with Crippen molar-refractivity contribution in [1.82, 2.24) is 15.0 Å². The standard InChI is InChI=1S/C19H19N9O2/c1-24-7-11-26(12-8-24)18-21-17(20-15-3-5-16(6-4-15)28(29)30)22-19(23-18)27-13-9-25(2)10-14-27/h3-14H,1-2H3,(H,20,21,22,23)/q+4. The highest BCUT2D eigenvalue weighted by Gasteiger charge is 2.24. The molecule has 0 unspecified atom stereocenters. The van der Waals surface area contributed by atoms with Crippen molar-refractivity contribution in [3.63, 3.8) is 0 Å². The normalized spacial score (nSPS) is 10.6. The number of hydrogen-bond acceptors (Lipinski definition) is 6. The summed E-state index contributed by atoms with van der Waals surface area (Å²) < 4.78 is 7.35. The number of aromatic nitrogens is 7. The van der Waals surface area contributed by atoms with E-state index < -0.39 is 4.92 Å². The Morgan fingerprint density at radius 3 is 1.67 bits per heavy atom. The lowest BCUT2D eigenvalue weighted by atomic mass is 10.3. The molecule has 0 saturated heterocycles. The quantitative estimate of drug-likeness (QED) is 0.278. The van der Waals surface area contributed by atoms with E-state index in [4.69, 9.17) is 0 Å². The molecule has 0 radical (unpaired) electrons. The Hall–Kier alpha value is -4.41. The van der Waals surface area contributed by atoms with Gasteiger partial charge in [-0.15, -0.1) is 0 Å². The lowest BCUT2D eigenvalue weighted by Gasteiger charge is -2.01. The van der Waals surface area contributed by atoms with Crippen LogP contribution in [0.2, 0.25) is 0 Å². The Morgan fingerprint density at radius 1 is 0.767 bits per heavy atom. The first kappa shape index (κ1) is 18.9. The molecule has 4 rings (SSSR count). The molecular formula is C19H19N9O2+4. The number of non-ortho nitro benzene ring substituents is 1. The zero-order valence-electron chi connectivity index (χ0n) is 16.3. The van der Waals surface area contributed by atoms with E-state index in [-0.39, 0.29) is 5.69 Å². The zero-order chi connectivity index (χ0) is 21.1. The first-order valence-corrected chi connectivity index (χ1v) is 8.99. The molecular weight excluding hydrogens is 386 g/mol. The van der Waals surface area contributed by atoms with Gasteiger partial charge < -0.3 is 0 Å². The van der Waals surface area contributed by atoms with Crippen LogP contribution in [0.3, 0.4) is 0 Å². The molecule has 1 N–H and O–H groups in total. The average molecular weight is 405 g/mol. The van der Waals surface area contributed by atoms with Crippen LogP contribution in [0.15, 0.2) is 73.8 Å². The van der Waals surface area contributed by atoms with Gasteiger partial charge in [0, 0.05) is 22.8 Å². The summed E-state index contributed by atoms with van der Waals surface area (Å²) in [4.78, 5) is 24.0. The largest absolute Gasteiger partial charge is 0.448 e. The van der Waals surface area contributed by atoms with E-state index in [2.05, 4.69) is 20.3 Å². The van der Waals surface area contributed by atoms with Crippen molar-refractivity contribution in [2.24, 2.45) is 14.1 Å². The number of rotatable bonds is 5. The summed E-state index contributed by atoms with van der Waals surface area (Å²) in [5.41, 5.74) is 0.635. The monoisotopic (exact) mass is 405 g/mol. The topological polar surface area (TPSA) is 109 Å². The van der Waals surface area contributed by atoms with Gasteiger partial charge in [-0.25, -0.2) is 9.13 Å². The van der Waals surface area contributed by atoms with Crippen molar-refractivity contribution in [1.29, 1.82) is 0 Å². The minimum atomic E-state index is -0.443. The van der Waals surface area contributed by atoms with Gasteiger partial charge in [-0.1, -0.05) is 0 Å². The maximum Gasteiger partial charge on any atom is 0.448 e. The number of aryl methyl sites for hydroxylation is 2. The van der Waals surface area contributed by atoms with Gasteiger partial charge in [-0.3, -0.25) is 15.4 Å². The number of nitro benzene ring substituents is 1. The van der Waals surface area contributed by atoms with E-state index in [9.17, 15) is 10.1 Å². The van der Waals surface area contributed by atoms with E-state index in [1.54, 1.807) is 21.3 Å². The van der Waals surface area contributed by atoms with E-state index in [1.165, 1.54) is 12.1 Å². The highest BCUT2D eigenvalue weighted by molar-refractivity contribution is 5.55. The molecule has 11 nitrogen and oxygen atoms in total. The summed E-state index contributed by atoms with van der Waals surface area (Å²) >= 11 is 0. The zero-order valence-corrected chi connectivity index (χ0v) is 16.3. The molecule has 0 spiro atoms. The highest BCUT2D eigenvalue weighted by Crippen LogP contribution is 2.18. The molecule has 0 fully saturated rings. The van der Waals surface area contributed by atoms with Crippen molar-refractivity contribution in [2.75, 3.05) is 5.32 Å². The second-order valence-corrected chi connectivity index (χ2v) is 6.53. The van der Waals surface area contributed by atoms with Crippen molar-refractivity contribution in [2.45, 2.75) is 0 Å². The summed E-state index contributed by atoms with van der Waals surface area (Å²) in [7, 11) is 3.84. The Morgan fingerprint density at radius 2 is 1.23 bits per heavy atom. The van der Waals surface area contributed by atoms with Gasteiger partial charge in [0.2, 0.25) is 24.8 Å². The van der Waals surface area contributed by atoms with Crippen LogP contribution in [0.4, 0.5) is 17.3 Å². The SMILES string of the molecule is C[n+]1cc[n+](-c2nc(Nc3ccc([N+](=O)[O-])cc3)nc(-[n+]3cc[n+](C)cc3)n2)cc1. The molecule has 0 aliphatic rings. The summed E-state index contributed by atoms with van der Waals surface area (Å²) in [5, 5.41) is 14.0. The van der Waals surface area contributed by atoms with Gasteiger partial charge in [-0.05, 0) is 22.1 Å². The first-order valence-electron chi connectivity index (χ1n) is 8.99. The molecule has 3 heterocycles. The lowest BCUT2D eigenvalue weighted by molar-refractivity contribution is -0.707. The fourth-order valence-electron chi connectivity index (χ4n) is 2.61. The van der Waals surface area contributed by atoms with E-state index >= 15 is 0 Å². The fourth-order valence-corrected chi connectivity index (χ4v) is 2.61. The van der Waals surface area contributed by atoms with Crippen LogP contribution in [0, 0.1) is 10.1 Å². The van der Waals surface area contributed by atoms with E-state index in [1.807, 2.05) is 72.8 Å². The molecule has 1 aromatic carbocycles.